The van der Waals surface area contributed by atoms with E-state index in [9.17, 15) is 18.3 Å². The van der Waals surface area contributed by atoms with Gasteiger partial charge in [-0.1, -0.05) is 5.16 Å². The first kappa shape index (κ1) is 26.8. The molecule has 214 valence electrons. The van der Waals surface area contributed by atoms with Crippen LogP contribution in [0.5, 0.6) is 5.75 Å². The lowest BCUT2D eigenvalue weighted by molar-refractivity contribution is -0.0482. The van der Waals surface area contributed by atoms with Crippen LogP contribution in [0, 0.1) is 23.4 Å². The van der Waals surface area contributed by atoms with E-state index in [1.54, 1.807) is 17.3 Å². The highest BCUT2D eigenvalue weighted by Crippen LogP contribution is 2.40. The van der Waals surface area contributed by atoms with Crippen molar-refractivity contribution in [3.05, 3.63) is 53.4 Å². The molecule has 1 aliphatic carbocycles. The summed E-state index contributed by atoms with van der Waals surface area (Å²) in [7, 11) is 0. The molecular formula is C27H32F3N7O3. The normalized spacial score (nSPS) is 23.8. The van der Waals surface area contributed by atoms with Crippen molar-refractivity contribution in [2.24, 2.45) is 11.7 Å². The first-order chi connectivity index (χ1) is 19.2. The van der Waals surface area contributed by atoms with Gasteiger partial charge in [-0.2, -0.15) is 4.98 Å². The van der Waals surface area contributed by atoms with Gasteiger partial charge < -0.3 is 29.9 Å². The Morgan fingerprint density at radius 3 is 2.42 bits per heavy atom. The Bertz CT molecular complexity index is 1350. The van der Waals surface area contributed by atoms with E-state index in [1.165, 1.54) is 0 Å². The Labute approximate surface area is 229 Å². The molecule has 0 amide bonds. The van der Waals surface area contributed by atoms with Gasteiger partial charge in [0.05, 0.1) is 18.5 Å². The smallest absolute Gasteiger partial charge is 0.324 e. The minimum Gasteiger partial charge on any atom is -0.487 e. The first-order valence-electron chi connectivity index (χ1n) is 13.7. The van der Waals surface area contributed by atoms with E-state index < -0.39 is 35.0 Å². The van der Waals surface area contributed by atoms with E-state index in [0.29, 0.717) is 54.9 Å². The molecule has 40 heavy (non-hydrogen) atoms. The van der Waals surface area contributed by atoms with E-state index in [0.717, 1.165) is 38.4 Å². The molecule has 1 aromatic carbocycles. The number of halogens is 3. The van der Waals surface area contributed by atoms with Crippen molar-refractivity contribution in [2.45, 2.75) is 62.7 Å². The molecule has 2 saturated heterocycles. The molecule has 10 nitrogen and oxygen atoms in total. The maximum atomic E-state index is 14.3. The standard InChI is InChI=1S/C27H32F3N7O3/c1-15(16-3-7-36(8-4-16)26-34-24(35-40-26)27(38)5-2-6-27)39-17-11-32-25(33-12-17)37-13-19(23(31)14-37)18-9-21(29)22(30)10-20(18)28/h9-12,15-16,19,23,38H,2-8,13-14,31H2,1H3. The van der Waals surface area contributed by atoms with Gasteiger partial charge in [-0.3, -0.25) is 0 Å². The zero-order valence-electron chi connectivity index (χ0n) is 22.1. The number of hydrogen-bond acceptors (Lipinski definition) is 10. The number of aromatic nitrogens is 4. The molecule has 6 rings (SSSR count). The average molecular weight is 560 g/mol. The molecule has 0 radical (unpaired) electrons. The quantitative estimate of drug-likeness (QED) is 0.417. The van der Waals surface area contributed by atoms with Crippen LogP contribution < -0.4 is 20.3 Å². The van der Waals surface area contributed by atoms with E-state index >= 15 is 0 Å². The maximum Gasteiger partial charge on any atom is 0.324 e. The number of hydrogen-bond donors (Lipinski definition) is 2. The van der Waals surface area contributed by atoms with Crippen molar-refractivity contribution in [3.8, 4) is 5.75 Å². The topological polar surface area (TPSA) is 127 Å². The second-order valence-electron chi connectivity index (χ2n) is 11.1. The summed E-state index contributed by atoms with van der Waals surface area (Å²) in [6, 6.07) is 1.38. The van der Waals surface area contributed by atoms with Crippen molar-refractivity contribution in [1.29, 1.82) is 0 Å². The third-order valence-electron chi connectivity index (χ3n) is 8.51. The van der Waals surface area contributed by atoms with E-state index in [4.69, 9.17) is 15.0 Å². The first-order valence-corrected chi connectivity index (χ1v) is 13.7. The Kier molecular flexibility index (Phi) is 7.03. The molecule has 3 unspecified atom stereocenters. The summed E-state index contributed by atoms with van der Waals surface area (Å²) in [5.41, 5.74) is 5.32. The van der Waals surface area contributed by atoms with Gasteiger partial charge in [0.2, 0.25) is 11.8 Å². The molecule has 3 aromatic rings. The van der Waals surface area contributed by atoms with E-state index in [1.807, 2.05) is 11.8 Å². The molecule has 0 spiro atoms. The van der Waals surface area contributed by atoms with Crippen LogP contribution in [0.3, 0.4) is 0 Å². The van der Waals surface area contributed by atoms with E-state index in [2.05, 4.69) is 20.1 Å². The third-order valence-corrected chi connectivity index (χ3v) is 8.51. The highest BCUT2D eigenvalue weighted by molar-refractivity contribution is 5.39. The minimum absolute atomic E-state index is 0.0453. The third kappa shape index (κ3) is 5.07. The molecule has 3 fully saturated rings. The molecule has 13 heteroatoms. The molecular weight excluding hydrogens is 527 g/mol. The fourth-order valence-corrected chi connectivity index (χ4v) is 5.82. The number of nitrogens with zero attached hydrogens (tertiary/aromatic N) is 6. The minimum atomic E-state index is -1.23. The van der Waals surface area contributed by atoms with Gasteiger partial charge >= 0.3 is 6.01 Å². The Morgan fingerprint density at radius 1 is 1.05 bits per heavy atom. The molecule has 1 saturated carbocycles. The van der Waals surface area contributed by atoms with Crippen LogP contribution in [0.2, 0.25) is 0 Å². The second-order valence-corrected chi connectivity index (χ2v) is 11.1. The van der Waals surface area contributed by atoms with Gasteiger partial charge in [-0.25, -0.2) is 23.1 Å². The molecule has 3 N–H and O–H groups in total. The Morgan fingerprint density at radius 2 is 1.75 bits per heavy atom. The lowest BCUT2D eigenvalue weighted by atomic mass is 9.80. The van der Waals surface area contributed by atoms with Gasteiger partial charge in [0.25, 0.3) is 0 Å². The van der Waals surface area contributed by atoms with Crippen LogP contribution in [0.25, 0.3) is 0 Å². The van der Waals surface area contributed by atoms with Gasteiger partial charge in [-0.05, 0) is 56.6 Å². The predicted octanol–water partition coefficient (Wildman–Crippen LogP) is 3.26. The predicted molar refractivity (Wildman–Crippen MR) is 138 cm³/mol. The summed E-state index contributed by atoms with van der Waals surface area (Å²) in [6.07, 6.45) is 7.14. The molecule has 3 aliphatic rings. The number of aliphatic hydroxyl groups is 1. The van der Waals surface area contributed by atoms with Crippen molar-refractivity contribution in [1.82, 2.24) is 20.1 Å². The zero-order valence-corrected chi connectivity index (χ0v) is 22.1. The Hall–Kier alpha value is -3.45. The van der Waals surface area contributed by atoms with E-state index in [-0.39, 0.29) is 18.2 Å². The van der Waals surface area contributed by atoms with Crippen molar-refractivity contribution < 1.29 is 27.5 Å². The number of anilines is 2. The Balaban J connectivity index is 1.02. The molecule has 3 atom stereocenters. The lowest BCUT2D eigenvalue weighted by Crippen LogP contribution is -2.39. The highest BCUT2D eigenvalue weighted by Gasteiger charge is 2.41. The van der Waals surface area contributed by atoms with Crippen LogP contribution in [-0.4, -0.2) is 63.5 Å². The average Bonchev–Trinajstić information content (AvgIpc) is 3.57. The molecule has 0 bridgehead atoms. The summed E-state index contributed by atoms with van der Waals surface area (Å²) in [6.45, 7) is 4.12. The highest BCUT2D eigenvalue weighted by atomic mass is 19.2. The van der Waals surface area contributed by atoms with Crippen molar-refractivity contribution in [3.63, 3.8) is 0 Å². The number of benzene rings is 1. The van der Waals surface area contributed by atoms with Crippen LogP contribution in [0.15, 0.2) is 29.0 Å². The van der Waals surface area contributed by atoms with Gasteiger partial charge in [0.1, 0.15) is 11.4 Å². The zero-order chi connectivity index (χ0) is 28.0. The fraction of sp³-hybridized carbons (Fsp3) is 0.556. The van der Waals surface area contributed by atoms with Gasteiger partial charge in [0, 0.05) is 44.2 Å². The van der Waals surface area contributed by atoms with Crippen molar-refractivity contribution >= 4 is 12.0 Å². The largest absolute Gasteiger partial charge is 0.487 e. The molecule has 4 heterocycles. The SMILES string of the molecule is CC(Oc1cnc(N2CC(N)C(c3cc(F)c(F)cc3F)C2)nc1)C1CCN(c2nc(C3(O)CCC3)no2)CC1. The summed E-state index contributed by atoms with van der Waals surface area (Å²) >= 11 is 0. The van der Waals surface area contributed by atoms with Crippen LogP contribution in [0.4, 0.5) is 25.1 Å². The monoisotopic (exact) mass is 559 g/mol. The molecule has 2 aliphatic heterocycles. The number of ether oxygens (including phenoxy) is 1. The summed E-state index contributed by atoms with van der Waals surface area (Å²) in [4.78, 5) is 17.1. The summed E-state index contributed by atoms with van der Waals surface area (Å²) < 4.78 is 53.0. The van der Waals surface area contributed by atoms with Crippen LogP contribution in [-0.2, 0) is 5.60 Å². The summed E-state index contributed by atoms with van der Waals surface area (Å²) in [5.74, 6) is -2.07. The van der Waals surface area contributed by atoms with Crippen LogP contribution in [0.1, 0.15) is 56.3 Å². The van der Waals surface area contributed by atoms with Crippen LogP contribution >= 0.6 is 0 Å². The maximum absolute atomic E-state index is 14.3. The fourth-order valence-electron chi connectivity index (χ4n) is 5.82. The summed E-state index contributed by atoms with van der Waals surface area (Å²) in [5, 5.41) is 14.4. The van der Waals surface area contributed by atoms with Gasteiger partial charge in [-0.15, -0.1) is 0 Å². The number of piperidine rings is 1. The molecule has 2 aromatic heterocycles. The second kappa shape index (κ2) is 10.5. The number of nitrogens with two attached hydrogens (primary N) is 1. The van der Waals surface area contributed by atoms with Crippen molar-refractivity contribution in [2.75, 3.05) is 36.0 Å². The lowest BCUT2D eigenvalue weighted by Gasteiger charge is -2.34. The van der Waals surface area contributed by atoms with Gasteiger partial charge in [0.15, 0.2) is 17.4 Å². The number of rotatable bonds is 7.